The minimum atomic E-state index is -5.40. The number of ketones is 2. The first kappa shape index (κ1) is 31.3. The summed E-state index contributed by atoms with van der Waals surface area (Å²) in [5, 5.41) is 0. The molecule has 0 heterocycles. The second-order valence-electron chi connectivity index (χ2n) is 12.0. The third-order valence-corrected chi connectivity index (χ3v) is 10.1. The number of allylic oxidation sites excluding steroid dienone is 4. The monoisotopic (exact) mass is 588 g/mol. The number of halogens is 4. The van der Waals surface area contributed by atoms with E-state index in [4.69, 9.17) is 18.9 Å². The van der Waals surface area contributed by atoms with Gasteiger partial charge in [0.2, 0.25) is 5.78 Å². The lowest BCUT2D eigenvalue weighted by atomic mass is 9.44. The molecule has 3 fully saturated rings. The zero-order valence-electron chi connectivity index (χ0n) is 23.8. The van der Waals surface area contributed by atoms with Gasteiger partial charge >= 0.3 is 18.1 Å². The van der Waals surface area contributed by atoms with E-state index < -0.39 is 82.9 Å². The quantitative estimate of drug-likeness (QED) is 0.230. The highest BCUT2D eigenvalue weighted by molar-refractivity contribution is 6.01. The van der Waals surface area contributed by atoms with Crippen molar-refractivity contribution in [1.29, 1.82) is 0 Å². The Morgan fingerprint density at radius 1 is 1.15 bits per heavy atom. The molecule has 0 spiro atoms. The van der Waals surface area contributed by atoms with Gasteiger partial charge in [0, 0.05) is 30.3 Å². The lowest BCUT2D eigenvalue weighted by Crippen LogP contribution is -2.70. The Labute approximate surface area is 235 Å². The van der Waals surface area contributed by atoms with Crippen LogP contribution in [0.15, 0.2) is 23.8 Å². The van der Waals surface area contributed by atoms with Crippen molar-refractivity contribution < 1.29 is 55.7 Å². The molecule has 0 aromatic heterocycles. The van der Waals surface area contributed by atoms with E-state index >= 15 is 4.39 Å². The largest absolute Gasteiger partial charge is 0.490 e. The van der Waals surface area contributed by atoms with Gasteiger partial charge in [-0.15, -0.1) is 0 Å². The van der Waals surface area contributed by atoms with Gasteiger partial charge in [-0.3, -0.25) is 14.4 Å². The number of carbonyl (C=O) groups excluding carboxylic acids is 4. The summed E-state index contributed by atoms with van der Waals surface area (Å²) < 4.78 is 79.8. The topological polar surface area (TPSA) is 105 Å². The molecule has 8 atom stereocenters. The molecule has 4 aliphatic carbocycles. The fourth-order valence-electron chi connectivity index (χ4n) is 8.31. The van der Waals surface area contributed by atoms with Gasteiger partial charge in [0.1, 0.15) is 18.5 Å². The Balaban J connectivity index is 1.88. The Hall–Kier alpha value is -2.60. The molecular formula is C29H36F4O8. The standard InChI is InChI=1S/C29H36F4O8/c1-6-23(36)39-14-21(35)28(40-15-38-5)16(2)11-20-19-8-7-17-12-18(34)9-10-25(17,3)27(19,30)22(13-26(20,28)4)41-24(37)29(31,32)33/h9-10,12,16,19-20,22H,6-8,11,13-15H2,1-5H3/t16-,19-,20-,22-,25-,26-,27-,28-/m0/s1. The first-order valence-corrected chi connectivity index (χ1v) is 13.8. The van der Waals surface area contributed by atoms with Crippen LogP contribution >= 0.6 is 0 Å². The summed E-state index contributed by atoms with van der Waals surface area (Å²) in [6.45, 7) is 5.40. The molecule has 0 aromatic rings. The molecule has 3 saturated carbocycles. The maximum atomic E-state index is 17.9. The van der Waals surface area contributed by atoms with E-state index in [1.807, 2.05) is 0 Å². The molecule has 4 aliphatic rings. The number of hydrogen-bond donors (Lipinski definition) is 0. The van der Waals surface area contributed by atoms with Gasteiger partial charge in [0.05, 0.1) is 0 Å². The molecule has 4 rings (SSSR count). The highest BCUT2D eigenvalue weighted by Crippen LogP contribution is 2.72. The molecule has 12 heteroatoms. The van der Waals surface area contributed by atoms with E-state index in [2.05, 4.69) is 0 Å². The summed E-state index contributed by atoms with van der Waals surface area (Å²) in [7, 11) is 1.34. The van der Waals surface area contributed by atoms with Gasteiger partial charge in [-0.2, -0.15) is 13.2 Å². The molecule has 0 radical (unpaired) electrons. The SMILES string of the molecule is CCC(=O)OCC(=O)[C@@]1(OCOC)[C@@H](C)C[C@H]2[C@@H]3CCC4=CC(=O)C=C[C@]4(C)[C@@]3(F)[C@@H](OC(=O)C(F)(F)F)C[C@@]21C. The lowest BCUT2D eigenvalue weighted by Gasteiger charge is -2.63. The Bertz CT molecular complexity index is 1180. The summed E-state index contributed by atoms with van der Waals surface area (Å²) >= 11 is 0. The first-order chi connectivity index (χ1) is 19.0. The van der Waals surface area contributed by atoms with Gasteiger partial charge in [-0.25, -0.2) is 9.18 Å². The third-order valence-electron chi connectivity index (χ3n) is 10.1. The Morgan fingerprint density at radius 3 is 2.44 bits per heavy atom. The molecular weight excluding hydrogens is 552 g/mol. The molecule has 0 unspecified atom stereocenters. The molecule has 0 aliphatic heterocycles. The molecule has 0 bridgehead atoms. The predicted molar refractivity (Wildman–Crippen MR) is 135 cm³/mol. The van der Waals surface area contributed by atoms with Gasteiger partial charge < -0.3 is 18.9 Å². The van der Waals surface area contributed by atoms with E-state index in [1.54, 1.807) is 20.8 Å². The maximum absolute atomic E-state index is 17.9. The molecule has 0 aromatic carbocycles. The number of carbonyl (C=O) groups is 4. The van der Waals surface area contributed by atoms with Crippen molar-refractivity contribution in [2.75, 3.05) is 20.5 Å². The Kier molecular flexibility index (Phi) is 8.10. The third kappa shape index (κ3) is 4.56. The van der Waals surface area contributed by atoms with E-state index in [0.717, 1.165) is 0 Å². The van der Waals surface area contributed by atoms with E-state index in [9.17, 15) is 32.3 Å². The average Bonchev–Trinajstić information content (AvgIpc) is 3.12. The molecule has 0 saturated heterocycles. The van der Waals surface area contributed by atoms with Crippen molar-refractivity contribution in [2.45, 2.75) is 83.3 Å². The number of hydrogen-bond acceptors (Lipinski definition) is 8. The number of Topliss-reactive ketones (excluding diaryl/α,β-unsaturated/α-hetero) is 1. The second kappa shape index (κ2) is 10.6. The number of ether oxygens (including phenoxy) is 4. The summed E-state index contributed by atoms with van der Waals surface area (Å²) in [5.41, 5.74) is -6.75. The number of methoxy groups -OCH3 is 1. The second-order valence-corrected chi connectivity index (χ2v) is 12.0. The van der Waals surface area contributed by atoms with E-state index in [1.165, 1.54) is 32.3 Å². The van der Waals surface area contributed by atoms with Crippen LogP contribution in [0.4, 0.5) is 17.6 Å². The van der Waals surface area contributed by atoms with Gasteiger partial charge in [-0.05, 0) is 56.6 Å². The molecule has 41 heavy (non-hydrogen) atoms. The van der Waals surface area contributed by atoms with E-state index in [-0.39, 0.29) is 38.3 Å². The lowest BCUT2D eigenvalue weighted by molar-refractivity contribution is -0.259. The normalized spacial score (nSPS) is 39.7. The van der Waals surface area contributed by atoms with Crippen molar-refractivity contribution in [3.8, 4) is 0 Å². The zero-order chi connectivity index (χ0) is 30.6. The van der Waals surface area contributed by atoms with Gasteiger partial charge in [0.25, 0.3) is 0 Å². The highest BCUT2D eigenvalue weighted by Gasteiger charge is 2.77. The predicted octanol–water partition coefficient (Wildman–Crippen LogP) is 4.60. The number of esters is 2. The van der Waals surface area contributed by atoms with Crippen molar-refractivity contribution >= 4 is 23.5 Å². The van der Waals surface area contributed by atoms with Crippen LogP contribution in [0.1, 0.15) is 59.8 Å². The number of alkyl halides is 4. The van der Waals surface area contributed by atoms with Crippen LogP contribution in [-0.4, -0.2) is 67.6 Å². The van der Waals surface area contributed by atoms with Crippen LogP contribution in [0, 0.1) is 28.6 Å². The minimum absolute atomic E-state index is 0.0149. The smallest absolute Gasteiger partial charge is 0.458 e. The fourth-order valence-corrected chi connectivity index (χ4v) is 8.31. The summed E-state index contributed by atoms with van der Waals surface area (Å²) in [4.78, 5) is 50.2. The minimum Gasteiger partial charge on any atom is -0.458 e. The fraction of sp³-hybridized carbons (Fsp3) is 0.724. The maximum Gasteiger partial charge on any atom is 0.490 e. The van der Waals surface area contributed by atoms with Crippen LogP contribution in [0.2, 0.25) is 0 Å². The summed E-state index contributed by atoms with van der Waals surface area (Å²) in [5.74, 6) is -6.33. The van der Waals surface area contributed by atoms with Crippen LogP contribution < -0.4 is 0 Å². The van der Waals surface area contributed by atoms with Gasteiger partial charge in [0.15, 0.2) is 18.1 Å². The number of rotatable bonds is 8. The van der Waals surface area contributed by atoms with Crippen LogP contribution in [-0.2, 0) is 38.1 Å². The van der Waals surface area contributed by atoms with Crippen molar-refractivity contribution in [1.82, 2.24) is 0 Å². The summed E-state index contributed by atoms with van der Waals surface area (Å²) in [6.07, 6.45) is -3.29. The van der Waals surface area contributed by atoms with E-state index in [0.29, 0.717) is 5.57 Å². The van der Waals surface area contributed by atoms with Gasteiger partial charge in [-0.1, -0.05) is 32.4 Å². The summed E-state index contributed by atoms with van der Waals surface area (Å²) in [6, 6.07) is 0. The average molecular weight is 589 g/mol. The Morgan fingerprint density at radius 2 is 1.83 bits per heavy atom. The van der Waals surface area contributed by atoms with Crippen LogP contribution in [0.3, 0.4) is 0 Å². The molecule has 0 amide bonds. The molecule has 0 N–H and O–H groups in total. The van der Waals surface area contributed by atoms with Crippen LogP contribution in [0.25, 0.3) is 0 Å². The molecule has 8 nitrogen and oxygen atoms in total. The number of fused-ring (bicyclic) bond motifs is 5. The van der Waals surface area contributed by atoms with Crippen LogP contribution in [0.5, 0.6) is 0 Å². The highest BCUT2D eigenvalue weighted by atomic mass is 19.4. The van der Waals surface area contributed by atoms with Crippen molar-refractivity contribution in [2.24, 2.45) is 28.6 Å². The zero-order valence-corrected chi connectivity index (χ0v) is 23.8. The van der Waals surface area contributed by atoms with Crippen molar-refractivity contribution in [3.05, 3.63) is 23.8 Å². The first-order valence-electron chi connectivity index (χ1n) is 13.8. The van der Waals surface area contributed by atoms with Crippen molar-refractivity contribution in [3.63, 3.8) is 0 Å². The molecule has 228 valence electrons.